The normalized spacial score (nSPS) is 17.5. The van der Waals surface area contributed by atoms with Gasteiger partial charge in [-0.25, -0.2) is 0 Å². The van der Waals surface area contributed by atoms with Crippen LogP contribution in [0.4, 0.5) is 18.9 Å². The van der Waals surface area contributed by atoms with Gasteiger partial charge in [0, 0.05) is 5.69 Å². The summed E-state index contributed by atoms with van der Waals surface area (Å²) in [5.74, 6) is -0.971. The Morgan fingerprint density at radius 2 is 1.95 bits per heavy atom. The van der Waals surface area contributed by atoms with Crippen LogP contribution in [0.3, 0.4) is 0 Å². The van der Waals surface area contributed by atoms with E-state index in [1.54, 1.807) is 0 Å². The summed E-state index contributed by atoms with van der Waals surface area (Å²) < 4.78 is 40.3. The fraction of sp³-hybridized carbons (Fsp3) is 0.462. The first-order valence-corrected chi connectivity index (χ1v) is 6.73. The first-order valence-electron chi connectivity index (χ1n) is 6.35. The number of rotatable bonds is 4. The molecule has 0 saturated heterocycles. The topological polar surface area (TPSA) is 64.4 Å². The largest absolute Gasteiger partial charge is 0.573 e. The minimum Gasteiger partial charge on any atom is -0.404 e. The van der Waals surface area contributed by atoms with Crippen molar-refractivity contribution in [2.24, 2.45) is 5.73 Å². The van der Waals surface area contributed by atoms with Crippen LogP contribution in [0.1, 0.15) is 25.7 Å². The van der Waals surface area contributed by atoms with Gasteiger partial charge in [0.25, 0.3) is 0 Å². The van der Waals surface area contributed by atoms with E-state index in [9.17, 15) is 18.0 Å². The number of amides is 1. The van der Waals surface area contributed by atoms with Crippen molar-refractivity contribution in [2.45, 2.75) is 37.6 Å². The van der Waals surface area contributed by atoms with Gasteiger partial charge in [-0.1, -0.05) is 24.4 Å². The standard InChI is InChI=1S/C13H14ClF3N2O2/c14-9-7-8(3-4-10(9)21-13(15,16)17)19-12(11(18)20)5-1-2-6-12/h3-4,7,19H,1-2,5-6H2,(H2,18,20). The maximum absolute atomic E-state index is 12.2. The van der Waals surface area contributed by atoms with Crippen molar-refractivity contribution in [3.63, 3.8) is 0 Å². The molecule has 1 aliphatic carbocycles. The summed E-state index contributed by atoms with van der Waals surface area (Å²) in [5, 5.41) is 2.79. The Morgan fingerprint density at radius 1 is 1.33 bits per heavy atom. The van der Waals surface area contributed by atoms with E-state index >= 15 is 0 Å². The van der Waals surface area contributed by atoms with E-state index in [0.29, 0.717) is 18.5 Å². The summed E-state index contributed by atoms with van der Waals surface area (Å²) in [7, 11) is 0. The predicted molar refractivity (Wildman–Crippen MR) is 72.2 cm³/mol. The van der Waals surface area contributed by atoms with Crippen LogP contribution in [0.15, 0.2) is 18.2 Å². The summed E-state index contributed by atoms with van der Waals surface area (Å²) in [6.07, 6.45) is -1.92. The summed E-state index contributed by atoms with van der Waals surface area (Å²) >= 11 is 5.76. The van der Waals surface area contributed by atoms with E-state index in [-0.39, 0.29) is 5.02 Å². The van der Waals surface area contributed by atoms with Gasteiger partial charge in [-0.2, -0.15) is 0 Å². The Hall–Kier alpha value is -1.63. The SMILES string of the molecule is NC(=O)C1(Nc2ccc(OC(F)(F)F)c(Cl)c2)CCCC1. The number of alkyl halides is 3. The van der Waals surface area contributed by atoms with E-state index in [1.807, 2.05) is 0 Å². The predicted octanol–water partition coefficient (Wildman–Crippen LogP) is 3.45. The molecule has 0 heterocycles. The molecule has 0 radical (unpaired) electrons. The Bertz CT molecular complexity index is 543. The van der Waals surface area contributed by atoms with Gasteiger partial charge in [0.05, 0.1) is 5.02 Å². The van der Waals surface area contributed by atoms with Crippen LogP contribution in [-0.4, -0.2) is 17.8 Å². The average molecular weight is 323 g/mol. The second-order valence-electron chi connectivity index (χ2n) is 4.97. The Morgan fingerprint density at radius 3 is 2.43 bits per heavy atom. The van der Waals surface area contributed by atoms with Crippen LogP contribution in [0.25, 0.3) is 0 Å². The van der Waals surface area contributed by atoms with E-state index < -0.39 is 23.6 Å². The maximum atomic E-state index is 12.2. The number of halogens is 4. The molecule has 116 valence electrons. The highest BCUT2D eigenvalue weighted by atomic mass is 35.5. The van der Waals surface area contributed by atoms with Crippen LogP contribution in [0, 0.1) is 0 Å². The summed E-state index contributed by atoms with van der Waals surface area (Å²) in [5.41, 5.74) is 4.98. The molecule has 1 fully saturated rings. The monoisotopic (exact) mass is 322 g/mol. The Kier molecular flexibility index (Phi) is 4.22. The van der Waals surface area contributed by atoms with Gasteiger partial charge in [-0.15, -0.1) is 13.2 Å². The number of hydrogen-bond donors (Lipinski definition) is 2. The molecule has 21 heavy (non-hydrogen) atoms. The molecule has 0 spiro atoms. The van der Waals surface area contributed by atoms with E-state index in [1.165, 1.54) is 12.1 Å². The molecule has 1 aromatic rings. The van der Waals surface area contributed by atoms with Gasteiger partial charge < -0.3 is 15.8 Å². The molecule has 1 aliphatic rings. The molecular weight excluding hydrogens is 309 g/mol. The highest BCUT2D eigenvalue weighted by Crippen LogP contribution is 2.36. The van der Waals surface area contributed by atoms with Crippen molar-refractivity contribution in [1.82, 2.24) is 0 Å². The van der Waals surface area contributed by atoms with Crippen LogP contribution < -0.4 is 15.8 Å². The van der Waals surface area contributed by atoms with Gasteiger partial charge in [0.1, 0.15) is 11.3 Å². The first-order chi connectivity index (χ1) is 9.72. The number of benzene rings is 1. The van der Waals surface area contributed by atoms with E-state index in [0.717, 1.165) is 18.9 Å². The number of nitrogens with two attached hydrogens (primary N) is 1. The summed E-state index contributed by atoms with van der Waals surface area (Å²) in [6, 6.07) is 3.75. The second kappa shape index (κ2) is 5.63. The molecule has 1 amide bonds. The third kappa shape index (κ3) is 3.72. The third-order valence-corrected chi connectivity index (χ3v) is 3.77. The van der Waals surface area contributed by atoms with Crippen molar-refractivity contribution >= 4 is 23.2 Å². The summed E-state index contributed by atoms with van der Waals surface area (Å²) in [4.78, 5) is 11.6. The van der Waals surface area contributed by atoms with E-state index in [2.05, 4.69) is 10.1 Å². The van der Waals surface area contributed by atoms with Crippen LogP contribution in [0.2, 0.25) is 5.02 Å². The second-order valence-corrected chi connectivity index (χ2v) is 5.38. The lowest BCUT2D eigenvalue weighted by Crippen LogP contribution is -2.48. The van der Waals surface area contributed by atoms with Crippen molar-refractivity contribution in [2.75, 3.05) is 5.32 Å². The fourth-order valence-corrected chi connectivity index (χ4v) is 2.69. The molecule has 0 aromatic heterocycles. The number of nitrogens with one attached hydrogen (secondary N) is 1. The highest BCUT2D eigenvalue weighted by Gasteiger charge is 2.39. The Balaban J connectivity index is 2.18. The molecule has 8 heteroatoms. The van der Waals surface area contributed by atoms with Crippen molar-refractivity contribution in [1.29, 1.82) is 0 Å². The molecule has 4 nitrogen and oxygen atoms in total. The van der Waals surface area contributed by atoms with Gasteiger partial charge >= 0.3 is 6.36 Å². The molecule has 1 aromatic carbocycles. The lowest BCUT2D eigenvalue weighted by Gasteiger charge is -2.28. The molecule has 0 aliphatic heterocycles. The van der Waals surface area contributed by atoms with Crippen molar-refractivity contribution in [3.8, 4) is 5.75 Å². The number of hydrogen-bond acceptors (Lipinski definition) is 3. The zero-order valence-corrected chi connectivity index (χ0v) is 11.7. The number of ether oxygens (including phenoxy) is 1. The van der Waals surface area contributed by atoms with Gasteiger partial charge in [-0.05, 0) is 31.0 Å². The maximum Gasteiger partial charge on any atom is 0.573 e. The molecule has 3 N–H and O–H groups in total. The molecule has 0 unspecified atom stereocenters. The smallest absolute Gasteiger partial charge is 0.404 e. The molecule has 1 saturated carbocycles. The van der Waals surface area contributed by atoms with Crippen LogP contribution in [-0.2, 0) is 4.79 Å². The zero-order chi connectivity index (χ0) is 15.7. The van der Waals surface area contributed by atoms with Crippen LogP contribution >= 0.6 is 11.6 Å². The average Bonchev–Trinajstić information content (AvgIpc) is 2.81. The minimum absolute atomic E-state index is 0.199. The van der Waals surface area contributed by atoms with E-state index in [4.69, 9.17) is 17.3 Å². The highest BCUT2D eigenvalue weighted by molar-refractivity contribution is 6.32. The van der Waals surface area contributed by atoms with Gasteiger partial charge in [0.15, 0.2) is 0 Å². The molecular formula is C13H14ClF3N2O2. The first kappa shape index (κ1) is 15.8. The Labute approximate surface area is 124 Å². The molecule has 0 atom stereocenters. The van der Waals surface area contributed by atoms with Crippen LogP contribution in [0.5, 0.6) is 5.75 Å². The van der Waals surface area contributed by atoms with Crippen molar-refractivity contribution in [3.05, 3.63) is 23.2 Å². The minimum atomic E-state index is -4.81. The fourth-order valence-electron chi connectivity index (χ4n) is 2.47. The van der Waals surface area contributed by atoms with Gasteiger partial charge in [0.2, 0.25) is 5.91 Å². The molecule has 2 rings (SSSR count). The lowest BCUT2D eigenvalue weighted by atomic mass is 9.96. The summed E-state index contributed by atoms with van der Waals surface area (Å²) in [6.45, 7) is 0. The molecule has 0 bridgehead atoms. The quantitative estimate of drug-likeness (QED) is 0.892. The van der Waals surface area contributed by atoms with Crippen molar-refractivity contribution < 1.29 is 22.7 Å². The zero-order valence-electron chi connectivity index (χ0n) is 11.0. The number of carbonyl (C=O) groups is 1. The third-order valence-electron chi connectivity index (χ3n) is 3.47. The lowest BCUT2D eigenvalue weighted by molar-refractivity contribution is -0.274. The van der Waals surface area contributed by atoms with Gasteiger partial charge in [-0.3, -0.25) is 4.79 Å². The number of carbonyl (C=O) groups excluding carboxylic acids is 1. The number of primary amides is 1. The number of anilines is 1.